The van der Waals surface area contributed by atoms with Gasteiger partial charge < -0.3 is 23.1 Å². The molecule has 0 rings (SSSR count). The molecule has 0 aliphatic heterocycles. The lowest BCUT2D eigenvalue weighted by atomic mass is 10.0. The second-order valence-corrected chi connectivity index (χ2v) is 9.37. The Labute approximate surface area is 123 Å². The Morgan fingerprint density at radius 2 is 1.50 bits per heavy atom. The molecule has 0 radical (unpaired) electrons. The predicted molar refractivity (Wildman–Crippen MR) is 80.8 cm³/mol. The van der Waals surface area contributed by atoms with Gasteiger partial charge in [-0.05, 0) is 33.6 Å². The van der Waals surface area contributed by atoms with Gasteiger partial charge in [-0.2, -0.15) is 0 Å². The molecule has 6 nitrogen and oxygen atoms in total. The first kappa shape index (κ1) is 20.2. The van der Waals surface area contributed by atoms with Crippen molar-refractivity contribution in [1.82, 2.24) is 0 Å². The summed E-state index contributed by atoms with van der Waals surface area (Å²) in [5, 5.41) is 0. The summed E-state index contributed by atoms with van der Waals surface area (Å²) in [4.78, 5) is 18.2. The summed E-state index contributed by atoms with van der Waals surface area (Å²) in [6.45, 7) is 10.5. The van der Waals surface area contributed by atoms with Crippen LogP contribution in [0.4, 0.5) is 0 Å². The van der Waals surface area contributed by atoms with Crippen LogP contribution in [0.1, 0.15) is 47.5 Å². The smallest absolute Gasteiger partial charge is 0.374 e. The second kappa shape index (κ2) is 8.63. The molecular weight excluding hydrogens is 299 g/mol. The van der Waals surface area contributed by atoms with E-state index >= 15 is 0 Å². The molecule has 0 unspecified atom stereocenters. The third kappa shape index (κ3) is 7.31. The van der Waals surface area contributed by atoms with E-state index < -0.39 is 22.0 Å². The van der Waals surface area contributed by atoms with Crippen molar-refractivity contribution in [3.63, 3.8) is 0 Å². The van der Waals surface area contributed by atoms with Gasteiger partial charge in [0.25, 0.3) is 0 Å². The molecule has 8 heteroatoms. The van der Waals surface area contributed by atoms with Crippen LogP contribution < -0.4 is 0 Å². The van der Waals surface area contributed by atoms with E-state index in [4.69, 9.17) is 23.1 Å². The van der Waals surface area contributed by atoms with E-state index in [1.807, 2.05) is 34.6 Å². The van der Waals surface area contributed by atoms with Crippen LogP contribution in [0.15, 0.2) is 0 Å². The Balaban J connectivity index is 5.14. The van der Waals surface area contributed by atoms with Crippen LogP contribution in [-0.2, 0) is 17.8 Å². The summed E-state index contributed by atoms with van der Waals surface area (Å²) in [6.07, 6.45) is 1.30. The minimum absolute atomic E-state index is 0.133. The Kier molecular flexibility index (Phi) is 8.74. The fourth-order valence-electron chi connectivity index (χ4n) is 1.79. The van der Waals surface area contributed by atoms with Gasteiger partial charge in [0, 0.05) is 19.3 Å². The molecule has 0 spiro atoms. The molecule has 0 aromatic carbocycles. The largest absolute Gasteiger partial charge is 0.502 e. The summed E-state index contributed by atoms with van der Waals surface area (Å²) in [6, 6.07) is 0.133. The highest BCUT2D eigenvalue weighted by molar-refractivity contribution is 7.51. The molecule has 0 fully saturated rings. The summed E-state index contributed by atoms with van der Waals surface area (Å²) >= 11 is 0. The van der Waals surface area contributed by atoms with Gasteiger partial charge in [0.1, 0.15) is 0 Å². The molecule has 122 valence electrons. The summed E-state index contributed by atoms with van der Waals surface area (Å²) in [5.74, 6) is 0. The van der Waals surface area contributed by atoms with Gasteiger partial charge in [0.15, 0.2) is 0 Å². The van der Waals surface area contributed by atoms with Crippen LogP contribution in [0, 0.1) is 0 Å². The summed E-state index contributed by atoms with van der Waals surface area (Å²) < 4.78 is 28.7. The van der Waals surface area contributed by atoms with E-state index in [0.29, 0.717) is 13.2 Å². The molecule has 0 saturated carbocycles. The van der Waals surface area contributed by atoms with Crippen LogP contribution in [0.3, 0.4) is 0 Å². The highest BCUT2D eigenvalue weighted by atomic mass is 31.2. The fraction of sp³-hybridized carbons (Fsp3) is 1.00. The van der Waals surface area contributed by atoms with E-state index in [0.717, 1.165) is 12.8 Å². The maximum Gasteiger partial charge on any atom is 0.502 e. The van der Waals surface area contributed by atoms with E-state index in [1.54, 1.807) is 0 Å². The van der Waals surface area contributed by atoms with Crippen molar-refractivity contribution in [1.29, 1.82) is 0 Å². The lowest BCUT2D eigenvalue weighted by molar-refractivity contribution is -0.0236. The molecule has 0 amide bonds. The first-order valence-corrected chi connectivity index (χ1v) is 10.9. The Bertz CT molecular complexity index is 309. The summed E-state index contributed by atoms with van der Waals surface area (Å²) in [7, 11) is -7.17. The SMILES string of the molecule is CCO[Si](CCP(=O)(O)O)(OCC)OC(C)(CC)CC. The molecule has 0 atom stereocenters. The van der Waals surface area contributed by atoms with Crippen molar-refractivity contribution in [2.75, 3.05) is 19.4 Å². The maximum atomic E-state index is 11.1. The van der Waals surface area contributed by atoms with Crippen LogP contribution in [0.2, 0.25) is 6.04 Å². The van der Waals surface area contributed by atoms with Gasteiger partial charge in [-0.25, -0.2) is 0 Å². The van der Waals surface area contributed by atoms with Gasteiger partial charge >= 0.3 is 16.4 Å². The zero-order valence-corrected chi connectivity index (χ0v) is 15.1. The molecular formula is C12H29O6PSi. The Hall–Kier alpha value is 0.247. The van der Waals surface area contributed by atoms with Crippen molar-refractivity contribution in [2.24, 2.45) is 0 Å². The first-order chi connectivity index (χ1) is 9.16. The third-order valence-corrected chi connectivity index (χ3v) is 7.69. The van der Waals surface area contributed by atoms with Crippen LogP contribution in [0.25, 0.3) is 0 Å². The van der Waals surface area contributed by atoms with Gasteiger partial charge in [0.2, 0.25) is 0 Å². The fourth-order valence-corrected chi connectivity index (χ4v) is 6.56. The second-order valence-electron chi connectivity index (χ2n) is 4.95. The molecule has 0 saturated heterocycles. The molecule has 20 heavy (non-hydrogen) atoms. The average Bonchev–Trinajstić information content (AvgIpc) is 2.36. The molecule has 0 aromatic heterocycles. The lowest BCUT2D eigenvalue weighted by Crippen LogP contribution is -2.52. The normalized spacial score (nSPS) is 13.8. The van der Waals surface area contributed by atoms with E-state index in [-0.39, 0.29) is 12.2 Å². The molecule has 0 bridgehead atoms. The predicted octanol–water partition coefficient (Wildman–Crippen LogP) is 2.77. The van der Waals surface area contributed by atoms with Crippen molar-refractivity contribution in [3.8, 4) is 0 Å². The highest BCUT2D eigenvalue weighted by Crippen LogP contribution is 2.39. The van der Waals surface area contributed by atoms with Gasteiger partial charge in [-0.3, -0.25) is 4.57 Å². The minimum Gasteiger partial charge on any atom is -0.374 e. The van der Waals surface area contributed by atoms with Crippen LogP contribution in [0.5, 0.6) is 0 Å². The Morgan fingerprint density at radius 3 is 1.80 bits per heavy atom. The van der Waals surface area contributed by atoms with Gasteiger partial charge in [0.05, 0.1) is 11.8 Å². The van der Waals surface area contributed by atoms with Crippen molar-refractivity contribution in [2.45, 2.75) is 59.1 Å². The minimum atomic E-state index is -4.10. The molecule has 0 heterocycles. The van der Waals surface area contributed by atoms with Crippen LogP contribution in [-0.4, -0.2) is 43.6 Å². The molecule has 0 aromatic rings. The number of hydrogen-bond acceptors (Lipinski definition) is 4. The maximum absolute atomic E-state index is 11.1. The monoisotopic (exact) mass is 328 g/mol. The standard InChI is InChI=1S/C12H29O6PSi/c1-6-12(5,7-2)18-20(16-8-3,17-9-4)11-10-19(13,14)15/h6-11H2,1-5H3,(H2,13,14,15). The summed E-state index contributed by atoms with van der Waals surface area (Å²) in [5.41, 5.74) is -0.397. The first-order valence-electron chi connectivity index (χ1n) is 7.18. The van der Waals surface area contributed by atoms with E-state index in [9.17, 15) is 4.57 Å². The molecule has 2 N–H and O–H groups in total. The van der Waals surface area contributed by atoms with Gasteiger partial charge in [-0.1, -0.05) is 13.8 Å². The number of rotatable bonds is 11. The van der Waals surface area contributed by atoms with Crippen LogP contribution >= 0.6 is 7.60 Å². The Morgan fingerprint density at radius 1 is 1.05 bits per heavy atom. The topological polar surface area (TPSA) is 85.2 Å². The van der Waals surface area contributed by atoms with Crippen molar-refractivity contribution < 1.29 is 27.6 Å². The number of hydrogen-bond donors (Lipinski definition) is 2. The molecule has 0 aliphatic rings. The third-order valence-electron chi connectivity index (χ3n) is 3.34. The zero-order valence-electron chi connectivity index (χ0n) is 13.2. The van der Waals surface area contributed by atoms with E-state index in [1.165, 1.54) is 0 Å². The van der Waals surface area contributed by atoms with E-state index in [2.05, 4.69) is 0 Å². The average molecular weight is 328 g/mol. The molecule has 0 aliphatic carbocycles. The van der Waals surface area contributed by atoms with Crippen molar-refractivity contribution in [3.05, 3.63) is 0 Å². The highest BCUT2D eigenvalue weighted by Gasteiger charge is 2.46. The zero-order chi connectivity index (χ0) is 15.9. The van der Waals surface area contributed by atoms with Gasteiger partial charge in [-0.15, -0.1) is 0 Å². The lowest BCUT2D eigenvalue weighted by Gasteiger charge is -2.38. The quantitative estimate of drug-likeness (QED) is 0.448. The van der Waals surface area contributed by atoms with Crippen molar-refractivity contribution >= 4 is 16.4 Å².